The SMILES string of the molecule is CCCc1cnc(-c2cc(F)c(-c3cc(F)c(Cl)c(F)c3)c(F)c2)nc1. The minimum absolute atomic E-state index is 0.127. The van der Waals surface area contributed by atoms with Crippen molar-refractivity contribution in [3.63, 3.8) is 0 Å². The monoisotopic (exact) mass is 380 g/mol. The summed E-state index contributed by atoms with van der Waals surface area (Å²) in [6.07, 6.45) is 4.92. The fourth-order valence-electron chi connectivity index (χ4n) is 2.60. The van der Waals surface area contributed by atoms with Crippen LogP contribution in [0.15, 0.2) is 36.7 Å². The lowest BCUT2D eigenvalue weighted by molar-refractivity contribution is 0.579. The molecule has 0 fully saturated rings. The van der Waals surface area contributed by atoms with Crippen LogP contribution in [0.3, 0.4) is 0 Å². The van der Waals surface area contributed by atoms with E-state index in [2.05, 4.69) is 9.97 Å². The largest absolute Gasteiger partial charge is 0.236 e. The number of hydrogen-bond donors (Lipinski definition) is 0. The van der Waals surface area contributed by atoms with Crippen LogP contribution < -0.4 is 0 Å². The van der Waals surface area contributed by atoms with Gasteiger partial charge in [-0.15, -0.1) is 0 Å². The fourth-order valence-corrected chi connectivity index (χ4v) is 2.71. The summed E-state index contributed by atoms with van der Waals surface area (Å²) in [5, 5.41) is -0.730. The highest BCUT2D eigenvalue weighted by Crippen LogP contribution is 2.33. The standard InChI is InChI=1S/C19H13ClF4N2/c1-2-3-10-8-25-19(26-9-10)12-6-13(21)17(14(22)7-12)11-4-15(23)18(20)16(24)5-11/h4-9H,2-3H2,1H3. The summed E-state index contributed by atoms with van der Waals surface area (Å²) < 4.78 is 56.1. The van der Waals surface area contributed by atoms with Gasteiger partial charge < -0.3 is 0 Å². The van der Waals surface area contributed by atoms with Gasteiger partial charge in [-0.2, -0.15) is 0 Å². The average Bonchev–Trinajstić information content (AvgIpc) is 2.60. The molecule has 0 N–H and O–H groups in total. The minimum atomic E-state index is -1.10. The van der Waals surface area contributed by atoms with E-state index in [0.29, 0.717) is 0 Å². The molecule has 0 spiro atoms. The molecular weight excluding hydrogens is 368 g/mol. The summed E-state index contributed by atoms with van der Waals surface area (Å²) in [6, 6.07) is 3.61. The number of rotatable bonds is 4. The first-order valence-electron chi connectivity index (χ1n) is 7.86. The third kappa shape index (κ3) is 3.55. The zero-order valence-electron chi connectivity index (χ0n) is 13.7. The summed E-state index contributed by atoms with van der Waals surface area (Å²) in [6.45, 7) is 2.01. The van der Waals surface area contributed by atoms with Crippen LogP contribution in [0.4, 0.5) is 17.6 Å². The average molecular weight is 381 g/mol. The summed E-state index contributed by atoms with van der Waals surface area (Å²) in [7, 11) is 0. The third-order valence-corrected chi connectivity index (χ3v) is 4.18. The lowest BCUT2D eigenvalue weighted by Gasteiger charge is -2.09. The van der Waals surface area contributed by atoms with Gasteiger partial charge in [-0.3, -0.25) is 0 Å². The number of hydrogen-bond acceptors (Lipinski definition) is 2. The molecule has 1 aromatic heterocycles. The number of nitrogens with zero attached hydrogens (tertiary/aromatic N) is 2. The minimum Gasteiger partial charge on any atom is -0.236 e. The van der Waals surface area contributed by atoms with Gasteiger partial charge in [-0.25, -0.2) is 27.5 Å². The van der Waals surface area contributed by atoms with Crippen molar-refractivity contribution in [1.82, 2.24) is 9.97 Å². The van der Waals surface area contributed by atoms with E-state index in [9.17, 15) is 17.6 Å². The van der Waals surface area contributed by atoms with Gasteiger partial charge in [0, 0.05) is 18.0 Å². The third-order valence-electron chi connectivity index (χ3n) is 3.82. The molecule has 0 aliphatic heterocycles. The Balaban J connectivity index is 2.04. The molecule has 0 bridgehead atoms. The van der Waals surface area contributed by atoms with Crippen LogP contribution in [0.5, 0.6) is 0 Å². The molecule has 0 saturated carbocycles. The van der Waals surface area contributed by atoms with E-state index < -0.39 is 33.9 Å². The Morgan fingerprint density at radius 1 is 0.808 bits per heavy atom. The van der Waals surface area contributed by atoms with Crippen LogP contribution in [0.25, 0.3) is 22.5 Å². The second-order valence-electron chi connectivity index (χ2n) is 5.73. The van der Waals surface area contributed by atoms with Crippen LogP contribution in [0, 0.1) is 23.3 Å². The second kappa shape index (κ2) is 7.41. The van der Waals surface area contributed by atoms with Crippen LogP contribution in [-0.2, 0) is 6.42 Å². The molecule has 0 amide bonds. The Bertz CT molecular complexity index is 912. The summed E-state index contributed by atoms with van der Waals surface area (Å²) in [4.78, 5) is 8.22. The number of aryl methyl sites for hydroxylation is 1. The molecule has 2 aromatic carbocycles. The highest BCUT2D eigenvalue weighted by molar-refractivity contribution is 6.31. The lowest BCUT2D eigenvalue weighted by Crippen LogP contribution is -1.97. The first-order chi connectivity index (χ1) is 12.4. The zero-order chi connectivity index (χ0) is 18.8. The van der Waals surface area contributed by atoms with Gasteiger partial charge in [0.25, 0.3) is 0 Å². The molecule has 3 aromatic rings. The Hall–Kier alpha value is -2.47. The van der Waals surface area contributed by atoms with Gasteiger partial charge in [-0.1, -0.05) is 24.9 Å². The van der Waals surface area contributed by atoms with Crippen molar-refractivity contribution in [2.24, 2.45) is 0 Å². The van der Waals surface area contributed by atoms with Gasteiger partial charge >= 0.3 is 0 Å². The van der Waals surface area contributed by atoms with Gasteiger partial charge in [0.05, 0.1) is 5.56 Å². The smallest absolute Gasteiger partial charge is 0.159 e. The van der Waals surface area contributed by atoms with Crippen LogP contribution in [0.1, 0.15) is 18.9 Å². The lowest BCUT2D eigenvalue weighted by atomic mass is 10.0. The van der Waals surface area contributed by atoms with Crippen molar-refractivity contribution >= 4 is 11.6 Å². The Labute approximate surface area is 152 Å². The molecule has 134 valence electrons. The molecule has 0 aliphatic carbocycles. The Morgan fingerprint density at radius 3 is 1.81 bits per heavy atom. The zero-order valence-corrected chi connectivity index (χ0v) is 14.4. The van der Waals surface area contributed by atoms with Crippen molar-refractivity contribution in [2.45, 2.75) is 19.8 Å². The molecule has 0 unspecified atom stereocenters. The fraction of sp³-hybridized carbons (Fsp3) is 0.158. The molecule has 0 radical (unpaired) electrons. The van der Waals surface area contributed by atoms with Crippen LogP contribution >= 0.6 is 11.6 Å². The van der Waals surface area contributed by atoms with Crippen molar-refractivity contribution in [1.29, 1.82) is 0 Å². The van der Waals surface area contributed by atoms with E-state index in [4.69, 9.17) is 11.6 Å². The van der Waals surface area contributed by atoms with Gasteiger partial charge in [-0.05, 0) is 41.8 Å². The summed E-state index contributed by atoms with van der Waals surface area (Å²) in [5.74, 6) is -4.01. The van der Waals surface area contributed by atoms with Crippen LogP contribution in [0.2, 0.25) is 5.02 Å². The molecule has 7 heteroatoms. The molecule has 0 aliphatic rings. The van der Waals surface area contributed by atoms with Gasteiger partial charge in [0.15, 0.2) is 5.82 Å². The molecule has 3 rings (SSSR count). The Morgan fingerprint density at radius 2 is 1.31 bits per heavy atom. The highest BCUT2D eigenvalue weighted by atomic mass is 35.5. The van der Waals surface area contributed by atoms with E-state index in [1.807, 2.05) is 6.92 Å². The molecule has 1 heterocycles. The quantitative estimate of drug-likeness (QED) is 0.411. The number of benzene rings is 2. The van der Waals surface area contributed by atoms with E-state index in [0.717, 1.165) is 42.7 Å². The van der Waals surface area contributed by atoms with Crippen molar-refractivity contribution in [2.75, 3.05) is 0 Å². The maximum Gasteiger partial charge on any atom is 0.159 e. The van der Waals surface area contributed by atoms with Gasteiger partial charge in [0.2, 0.25) is 0 Å². The van der Waals surface area contributed by atoms with Crippen molar-refractivity contribution < 1.29 is 17.6 Å². The predicted octanol–water partition coefficient (Wildman–Crippen LogP) is 5.97. The predicted molar refractivity (Wildman–Crippen MR) is 91.7 cm³/mol. The van der Waals surface area contributed by atoms with Gasteiger partial charge in [0.1, 0.15) is 28.3 Å². The molecule has 2 nitrogen and oxygen atoms in total. The summed E-state index contributed by atoms with van der Waals surface area (Å²) in [5.41, 5.74) is 0.207. The number of aromatic nitrogens is 2. The van der Waals surface area contributed by atoms with E-state index in [-0.39, 0.29) is 17.0 Å². The van der Waals surface area contributed by atoms with Crippen LogP contribution in [-0.4, -0.2) is 9.97 Å². The maximum absolute atomic E-state index is 14.5. The first kappa shape index (κ1) is 18.3. The Kier molecular flexibility index (Phi) is 5.23. The highest BCUT2D eigenvalue weighted by Gasteiger charge is 2.18. The molecule has 0 saturated heterocycles. The first-order valence-corrected chi connectivity index (χ1v) is 8.23. The van der Waals surface area contributed by atoms with Crippen molar-refractivity contribution in [3.8, 4) is 22.5 Å². The van der Waals surface area contributed by atoms with E-state index in [1.54, 1.807) is 12.4 Å². The molecular formula is C19H13ClF4N2. The number of halogens is 5. The van der Waals surface area contributed by atoms with E-state index in [1.165, 1.54) is 0 Å². The topological polar surface area (TPSA) is 25.8 Å². The van der Waals surface area contributed by atoms with Crippen molar-refractivity contribution in [3.05, 3.63) is 70.5 Å². The second-order valence-corrected chi connectivity index (χ2v) is 6.11. The molecule has 0 atom stereocenters. The molecule has 26 heavy (non-hydrogen) atoms. The summed E-state index contributed by atoms with van der Waals surface area (Å²) >= 11 is 5.40. The van der Waals surface area contributed by atoms with E-state index >= 15 is 0 Å². The maximum atomic E-state index is 14.5. The normalized spacial score (nSPS) is 11.0.